The lowest BCUT2D eigenvalue weighted by Crippen LogP contribution is -2.14. The van der Waals surface area contributed by atoms with Crippen LogP contribution in [0.25, 0.3) is 0 Å². The molecular weight excluding hydrogens is 106 g/mol. The Morgan fingerprint density at radius 3 is 2.25 bits per heavy atom. The van der Waals surface area contributed by atoms with Crippen molar-refractivity contribution in [2.45, 2.75) is 0 Å². The molecule has 0 aliphatic heterocycles. The van der Waals surface area contributed by atoms with Gasteiger partial charge in [-0.05, 0) is 14.1 Å². The fraction of sp³-hybridized carbons (Fsp3) is 0.600. The normalized spacial score (nSPS) is 12.6. The highest BCUT2D eigenvalue weighted by Gasteiger charge is 1.92. The quantitative estimate of drug-likeness (QED) is 0.518. The molecule has 0 fully saturated rings. The van der Waals surface area contributed by atoms with Crippen molar-refractivity contribution in [2.24, 2.45) is 0 Å². The van der Waals surface area contributed by atoms with E-state index in [9.17, 15) is 0 Å². The van der Waals surface area contributed by atoms with E-state index in [0.29, 0.717) is 12.8 Å². The highest BCUT2D eigenvalue weighted by Crippen LogP contribution is 1.85. The highest BCUT2D eigenvalue weighted by atomic mass is 16.3. The molecule has 0 aliphatic carbocycles. The Morgan fingerprint density at radius 1 is 1.62 bits per heavy atom. The van der Waals surface area contributed by atoms with Crippen LogP contribution in [0.5, 0.6) is 0 Å². The molecule has 8 heavy (non-hydrogen) atoms. The molecule has 0 radical (unpaired) electrons. The van der Waals surface area contributed by atoms with Gasteiger partial charge in [0.2, 0.25) is 0 Å². The van der Waals surface area contributed by atoms with Crippen LogP contribution in [0.3, 0.4) is 0 Å². The Hall–Kier alpha value is -0.700. The van der Waals surface area contributed by atoms with Crippen LogP contribution in [0.4, 0.5) is 0 Å². The van der Waals surface area contributed by atoms with Crippen molar-refractivity contribution in [1.29, 1.82) is 0 Å². The molecule has 0 aromatic heterocycles. The average Bonchev–Trinajstić information content (AvgIpc) is 1.65. The van der Waals surface area contributed by atoms with Crippen molar-refractivity contribution in [3.8, 4) is 0 Å². The Kier molecular flexibility index (Phi) is 3.03. The van der Waals surface area contributed by atoms with Crippen LogP contribution in [0.1, 0.15) is 0 Å². The second kappa shape index (κ2) is 3.32. The van der Waals surface area contributed by atoms with Crippen molar-refractivity contribution in [3.05, 3.63) is 12.0 Å². The topological polar surface area (TPSA) is 43.7 Å². The minimum atomic E-state index is -0.0185. The van der Waals surface area contributed by atoms with Gasteiger partial charge in [0.15, 0.2) is 0 Å². The summed E-state index contributed by atoms with van der Waals surface area (Å²) in [5.41, 5.74) is 0. The Bertz CT molecular complexity index is 88.4. The van der Waals surface area contributed by atoms with Crippen molar-refractivity contribution >= 4 is 0 Å². The van der Waals surface area contributed by atoms with Crippen molar-refractivity contribution in [3.63, 3.8) is 0 Å². The summed E-state index contributed by atoms with van der Waals surface area (Å²) in [6.45, 7) is 0.385. The third-order valence-corrected chi connectivity index (χ3v) is 0.627. The van der Waals surface area contributed by atoms with E-state index >= 15 is 0 Å². The van der Waals surface area contributed by atoms with E-state index < -0.39 is 0 Å². The summed E-state index contributed by atoms with van der Waals surface area (Å²) in [5, 5.41) is 16.7. The third-order valence-electron chi connectivity index (χ3n) is 0.627. The number of nitrogens with zero attached hydrogens (tertiary/aromatic N) is 1. The molecule has 48 valence electrons. The summed E-state index contributed by atoms with van der Waals surface area (Å²) < 4.78 is 0. The van der Waals surface area contributed by atoms with Gasteiger partial charge in [-0.3, -0.25) is 0 Å². The van der Waals surface area contributed by atoms with Crippen molar-refractivity contribution in [1.82, 2.24) is 4.90 Å². The van der Waals surface area contributed by atoms with Crippen LogP contribution in [-0.4, -0.2) is 35.8 Å². The molecule has 0 saturated carbocycles. The van der Waals surface area contributed by atoms with E-state index in [0.717, 1.165) is 0 Å². The molecule has 0 heterocycles. The first-order valence-corrected chi connectivity index (χ1v) is 2.33. The lowest BCUT2D eigenvalue weighted by atomic mass is 10.5. The minimum Gasteiger partial charge on any atom is -0.512 e. The van der Waals surface area contributed by atoms with E-state index in [2.05, 4.69) is 0 Å². The fourth-order valence-corrected chi connectivity index (χ4v) is 0.365. The first-order chi connectivity index (χ1) is 3.66. The van der Waals surface area contributed by atoms with E-state index in [4.69, 9.17) is 10.2 Å². The van der Waals surface area contributed by atoms with Crippen LogP contribution in [-0.2, 0) is 0 Å². The molecule has 0 unspecified atom stereocenters. The molecule has 0 aromatic rings. The van der Waals surface area contributed by atoms with E-state index in [1.807, 2.05) is 0 Å². The van der Waals surface area contributed by atoms with Gasteiger partial charge in [0.1, 0.15) is 12.0 Å². The maximum atomic E-state index is 8.60. The molecule has 0 rings (SSSR count). The largest absolute Gasteiger partial charge is 0.512 e. The van der Waals surface area contributed by atoms with Crippen LogP contribution >= 0.6 is 0 Å². The third kappa shape index (κ3) is 3.49. The predicted molar refractivity (Wildman–Crippen MR) is 31.9 cm³/mol. The van der Waals surface area contributed by atoms with Crippen molar-refractivity contribution in [2.75, 3.05) is 20.6 Å². The van der Waals surface area contributed by atoms with Gasteiger partial charge in [0, 0.05) is 0 Å². The second-order valence-electron chi connectivity index (χ2n) is 1.86. The first kappa shape index (κ1) is 7.30. The monoisotopic (exact) mass is 117 g/mol. The number of hydrogen-bond acceptors (Lipinski definition) is 3. The highest BCUT2D eigenvalue weighted by molar-refractivity contribution is 4.85. The summed E-state index contributed by atoms with van der Waals surface area (Å²) in [4.78, 5) is 1.75. The average molecular weight is 117 g/mol. The van der Waals surface area contributed by atoms with Gasteiger partial charge in [-0.25, -0.2) is 0 Å². The van der Waals surface area contributed by atoms with Crippen molar-refractivity contribution < 1.29 is 10.2 Å². The number of rotatable bonds is 2. The molecule has 0 atom stereocenters. The molecule has 2 N–H and O–H groups in total. The molecule has 0 aliphatic rings. The standard InChI is InChI=1S/C5H11NO2/c1-6(2)3-5(8)4-7/h4,7-8H,3H2,1-2H3/b5-4-. The predicted octanol–water partition coefficient (Wildman–Crippen LogP) is 0.505. The van der Waals surface area contributed by atoms with Gasteiger partial charge >= 0.3 is 0 Å². The fourth-order valence-electron chi connectivity index (χ4n) is 0.365. The number of aliphatic hydroxyl groups is 2. The molecule has 0 spiro atoms. The first-order valence-electron chi connectivity index (χ1n) is 2.33. The summed E-state index contributed by atoms with van der Waals surface area (Å²) in [6.07, 6.45) is 0.694. The van der Waals surface area contributed by atoms with Gasteiger partial charge in [-0.1, -0.05) is 0 Å². The van der Waals surface area contributed by atoms with Crippen LogP contribution in [0, 0.1) is 0 Å². The van der Waals surface area contributed by atoms with Crippen LogP contribution in [0.2, 0.25) is 0 Å². The zero-order chi connectivity index (χ0) is 6.57. The molecule has 3 nitrogen and oxygen atoms in total. The molecule has 3 heteroatoms. The zero-order valence-corrected chi connectivity index (χ0v) is 5.13. The number of hydrogen-bond donors (Lipinski definition) is 2. The van der Waals surface area contributed by atoms with Gasteiger partial charge in [-0.15, -0.1) is 0 Å². The van der Waals surface area contributed by atoms with Gasteiger partial charge in [0.05, 0.1) is 6.54 Å². The molecule has 0 saturated heterocycles. The summed E-state index contributed by atoms with van der Waals surface area (Å²) in [7, 11) is 3.61. The van der Waals surface area contributed by atoms with E-state index in [1.165, 1.54) is 0 Å². The lowest BCUT2D eigenvalue weighted by Gasteiger charge is -2.05. The summed E-state index contributed by atoms with van der Waals surface area (Å²) in [5.74, 6) is -0.0185. The van der Waals surface area contributed by atoms with Crippen LogP contribution in [0.15, 0.2) is 12.0 Å². The van der Waals surface area contributed by atoms with Gasteiger partial charge in [-0.2, -0.15) is 0 Å². The molecule has 0 amide bonds. The second-order valence-corrected chi connectivity index (χ2v) is 1.86. The number of likely N-dealkylation sites (N-methyl/N-ethyl adjacent to an activating group) is 1. The maximum absolute atomic E-state index is 8.60. The minimum absolute atomic E-state index is 0.0185. The molecular formula is C5H11NO2. The Morgan fingerprint density at radius 2 is 2.12 bits per heavy atom. The zero-order valence-electron chi connectivity index (χ0n) is 5.13. The SMILES string of the molecule is CN(C)C/C(O)=C/O. The van der Waals surface area contributed by atoms with E-state index in [-0.39, 0.29) is 5.76 Å². The maximum Gasteiger partial charge on any atom is 0.140 e. The van der Waals surface area contributed by atoms with Gasteiger partial charge < -0.3 is 15.1 Å². The molecule has 0 aromatic carbocycles. The summed E-state index contributed by atoms with van der Waals surface area (Å²) in [6, 6.07) is 0. The lowest BCUT2D eigenvalue weighted by molar-refractivity contribution is 0.299. The molecule has 0 bridgehead atoms. The van der Waals surface area contributed by atoms with E-state index in [1.54, 1.807) is 19.0 Å². The van der Waals surface area contributed by atoms with Gasteiger partial charge in [0.25, 0.3) is 0 Å². The Labute approximate surface area is 48.9 Å². The Balaban J connectivity index is 3.39. The summed E-state index contributed by atoms with van der Waals surface area (Å²) >= 11 is 0. The number of aliphatic hydroxyl groups excluding tert-OH is 2. The smallest absolute Gasteiger partial charge is 0.140 e. The van der Waals surface area contributed by atoms with Crippen LogP contribution < -0.4 is 0 Å².